The summed E-state index contributed by atoms with van der Waals surface area (Å²) in [4.78, 5) is 28.4. The van der Waals surface area contributed by atoms with E-state index in [2.05, 4.69) is 6.07 Å². The first-order chi connectivity index (χ1) is 9.58. The highest BCUT2D eigenvalue weighted by Crippen LogP contribution is 2.37. The lowest BCUT2D eigenvalue weighted by Crippen LogP contribution is -2.47. The molecule has 0 N–H and O–H groups in total. The van der Waals surface area contributed by atoms with E-state index in [1.165, 1.54) is 5.56 Å². The average molecular weight is 270 g/mol. The van der Waals surface area contributed by atoms with Crippen LogP contribution in [0.1, 0.15) is 23.6 Å². The van der Waals surface area contributed by atoms with Gasteiger partial charge in [0.1, 0.15) is 0 Å². The molecule has 4 heteroatoms. The smallest absolute Gasteiger partial charge is 0.259 e. The highest BCUT2D eigenvalue weighted by Gasteiger charge is 2.40. The molecule has 1 unspecified atom stereocenters. The first-order valence-corrected chi connectivity index (χ1v) is 6.88. The number of Topliss-reactive ketones (excluding diaryl/α,β-unsaturated/α-hetero) is 1. The van der Waals surface area contributed by atoms with Gasteiger partial charge in [0.2, 0.25) is 0 Å². The van der Waals surface area contributed by atoms with E-state index in [0.29, 0.717) is 18.5 Å². The summed E-state index contributed by atoms with van der Waals surface area (Å²) in [6, 6.07) is 8.03. The van der Waals surface area contributed by atoms with Gasteiger partial charge in [0.25, 0.3) is 5.91 Å². The Morgan fingerprint density at radius 3 is 2.75 bits per heavy atom. The van der Waals surface area contributed by atoms with E-state index in [9.17, 15) is 9.59 Å². The van der Waals surface area contributed by atoms with Gasteiger partial charge in [-0.05, 0) is 17.5 Å². The SMILES string of the molecule is CN(C)/C=C1\C(=O)CC2c3ccccc3CCN2C1=O. The maximum atomic E-state index is 12.5. The van der Waals surface area contributed by atoms with Gasteiger partial charge >= 0.3 is 0 Å². The lowest BCUT2D eigenvalue weighted by atomic mass is 9.85. The first-order valence-electron chi connectivity index (χ1n) is 6.88. The molecular formula is C16H18N2O2. The highest BCUT2D eigenvalue weighted by atomic mass is 16.2. The Hall–Kier alpha value is -2.10. The Kier molecular flexibility index (Phi) is 3.08. The Balaban J connectivity index is 1.99. The number of piperidine rings is 1. The van der Waals surface area contributed by atoms with Crippen LogP contribution in [-0.4, -0.2) is 42.1 Å². The summed E-state index contributed by atoms with van der Waals surface area (Å²) in [5.74, 6) is -0.184. The van der Waals surface area contributed by atoms with Crippen molar-refractivity contribution in [2.45, 2.75) is 18.9 Å². The quantitative estimate of drug-likeness (QED) is 0.574. The third-order valence-corrected chi connectivity index (χ3v) is 3.97. The predicted octanol–water partition coefficient (Wildman–Crippen LogP) is 1.53. The zero-order valence-corrected chi connectivity index (χ0v) is 11.8. The number of amides is 1. The number of fused-ring (bicyclic) bond motifs is 3. The standard InChI is InChI=1S/C16H18N2O2/c1-17(2)10-13-15(19)9-14-12-6-4-3-5-11(12)7-8-18(14)16(13)20/h3-6,10,14H,7-9H2,1-2H3/b13-10+. The van der Waals surface area contributed by atoms with E-state index in [1.54, 1.807) is 11.1 Å². The summed E-state index contributed by atoms with van der Waals surface area (Å²) < 4.78 is 0. The number of rotatable bonds is 1. The third kappa shape index (κ3) is 2.01. The molecule has 1 fully saturated rings. The summed E-state index contributed by atoms with van der Waals surface area (Å²) >= 11 is 0. The van der Waals surface area contributed by atoms with Gasteiger partial charge in [-0.15, -0.1) is 0 Å². The molecule has 1 saturated heterocycles. The van der Waals surface area contributed by atoms with Crippen molar-refractivity contribution >= 4 is 11.7 Å². The Morgan fingerprint density at radius 1 is 1.25 bits per heavy atom. The largest absolute Gasteiger partial charge is 0.383 e. The van der Waals surface area contributed by atoms with Gasteiger partial charge in [-0.25, -0.2) is 0 Å². The maximum absolute atomic E-state index is 12.5. The molecule has 0 bridgehead atoms. The number of nitrogens with zero attached hydrogens (tertiary/aromatic N) is 2. The van der Waals surface area contributed by atoms with E-state index in [0.717, 1.165) is 12.0 Å². The van der Waals surface area contributed by atoms with Crippen molar-refractivity contribution in [3.05, 3.63) is 47.2 Å². The Labute approximate surface area is 118 Å². The van der Waals surface area contributed by atoms with Crippen LogP contribution in [-0.2, 0) is 16.0 Å². The topological polar surface area (TPSA) is 40.6 Å². The Morgan fingerprint density at radius 2 is 2.00 bits per heavy atom. The molecule has 4 nitrogen and oxygen atoms in total. The normalized spacial score (nSPS) is 23.6. The van der Waals surface area contributed by atoms with Gasteiger partial charge in [-0.1, -0.05) is 24.3 Å². The number of carbonyl (C=O) groups is 2. The minimum Gasteiger partial charge on any atom is -0.383 e. The molecule has 0 spiro atoms. The van der Waals surface area contributed by atoms with Crippen molar-refractivity contribution in [1.29, 1.82) is 0 Å². The Bertz CT molecular complexity index is 604. The van der Waals surface area contributed by atoms with Gasteiger partial charge in [0, 0.05) is 33.3 Å². The maximum Gasteiger partial charge on any atom is 0.259 e. The van der Waals surface area contributed by atoms with E-state index in [4.69, 9.17) is 0 Å². The van der Waals surface area contributed by atoms with E-state index >= 15 is 0 Å². The second-order valence-corrected chi connectivity index (χ2v) is 5.60. The van der Waals surface area contributed by atoms with E-state index in [1.807, 2.05) is 37.2 Å². The van der Waals surface area contributed by atoms with Gasteiger partial charge < -0.3 is 9.80 Å². The van der Waals surface area contributed by atoms with E-state index < -0.39 is 0 Å². The molecule has 2 aliphatic heterocycles. The first kappa shape index (κ1) is 12.9. The molecule has 2 heterocycles. The van der Waals surface area contributed by atoms with E-state index in [-0.39, 0.29) is 17.7 Å². The van der Waals surface area contributed by atoms with Crippen LogP contribution in [0.4, 0.5) is 0 Å². The van der Waals surface area contributed by atoms with Crippen LogP contribution in [0.25, 0.3) is 0 Å². The molecule has 2 aliphatic rings. The van der Waals surface area contributed by atoms with Crippen molar-refractivity contribution in [2.75, 3.05) is 20.6 Å². The number of hydrogen-bond acceptors (Lipinski definition) is 3. The molecule has 104 valence electrons. The van der Waals surface area contributed by atoms with Gasteiger partial charge in [0.15, 0.2) is 5.78 Å². The van der Waals surface area contributed by atoms with Gasteiger partial charge in [0.05, 0.1) is 11.6 Å². The zero-order chi connectivity index (χ0) is 14.3. The summed E-state index contributed by atoms with van der Waals surface area (Å²) in [6.45, 7) is 0.693. The van der Waals surface area contributed by atoms with Crippen LogP contribution in [0.5, 0.6) is 0 Å². The number of carbonyl (C=O) groups excluding carboxylic acids is 2. The lowest BCUT2D eigenvalue weighted by molar-refractivity contribution is -0.137. The van der Waals surface area contributed by atoms with Crippen LogP contribution in [0.3, 0.4) is 0 Å². The van der Waals surface area contributed by atoms with Gasteiger partial charge in [-0.2, -0.15) is 0 Å². The summed E-state index contributed by atoms with van der Waals surface area (Å²) in [7, 11) is 3.65. The molecule has 20 heavy (non-hydrogen) atoms. The number of benzene rings is 1. The van der Waals surface area contributed by atoms with Crippen LogP contribution in [0.2, 0.25) is 0 Å². The molecule has 1 atom stereocenters. The summed E-state index contributed by atoms with van der Waals surface area (Å²) in [6.07, 6.45) is 2.89. The molecule has 0 aliphatic carbocycles. The molecule has 1 aromatic rings. The fourth-order valence-electron chi connectivity index (χ4n) is 3.06. The number of hydrogen-bond donors (Lipinski definition) is 0. The molecule has 0 aromatic heterocycles. The minimum absolute atomic E-state index is 0.0540. The molecule has 1 aromatic carbocycles. The van der Waals surface area contributed by atoms with Crippen LogP contribution < -0.4 is 0 Å². The van der Waals surface area contributed by atoms with Crippen LogP contribution in [0, 0.1) is 0 Å². The minimum atomic E-state index is -0.130. The number of ketones is 1. The van der Waals surface area contributed by atoms with Gasteiger partial charge in [-0.3, -0.25) is 9.59 Å². The predicted molar refractivity (Wildman–Crippen MR) is 76.0 cm³/mol. The second kappa shape index (κ2) is 4.78. The lowest BCUT2D eigenvalue weighted by Gasteiger charge is -2.40. The van der Waals surface area contributed by atoms with Crippen LogP contribution in [0.15, 0.2) is 36.0 Å². The average Bonchev–Trinajstić information content (AvgIpc) is 2.43. The summed E-state index contributed by atoms with van der Waals surface area (Å²) in [5.41, 5.74) is 2.70. The molecule has 0 saturated carbocycles. The summed E-state index contributed by atoms with van der Waals surface area (Å²) in [5, 5.41) is 0. The molecular weight excluding hydrogens is 252 g/mol. The third-order valence-electron chi connectivity index (χ3n) is 3.97. The molecule has 3 rings (SSSR count). The van der Waals surface area contributed by atoms with Crippen molar-refractivity contribution < 1.29 is 9.59 Å². The van der Waals surface area contributed by atoms with Crippen molar-refractivity contribution in [2.24, 2.45) is 0 Å². The van der Waals surface area contributed by atoms with Crippen molar-refractivity contribution in [3.63, 3.8) is 0 Å². The fraction of sp³-hybridized carbons (Fsp3) is 0.375. The van der Waals surface area contributed by atoms with Crippen molar-refractivity contribution in [1.82, 2.24) is 9.80 Å². The molecule has 1 amide bonds. The highest BCUT2D eigenvalue weighted by molar-refractivity contribution is 6.21. The van der Waals surface area contributed by atoms with Crippen LogP contribution >= 0.6 is 0 Å². The second-order valence-electron chi connectivity index (χ2n) is 5.60. The monoisotopic (exact) mass is 270 g/mol. The molecule has 0 radical (unpaired) electrons. The fourth-order valence-corrected chi connectivity index (χ4v) is 3.06. The zero-order valence-electron chi connectivity index (χ0n) is 11.8. The van der Waals surface area contributed by atoms with Crippen molar-refractivity contribution in [3.8, 4) is 0 Å².